The lowest BCUT2D eigenvalue weighted by Gasteiger charge is -2.44. The first-order chi connectivity index (χ1) is 8.22. The maximum atomic E-state index is 6.11. The average Bonchev–Trinajstić information content (AvgIpc) is 2.27. The molecule has 1 saturated heterocycles. The fourth-order valence-electron chi connectivity index (χ4n) is 3.52. The Labute approximate surface area is 111 Å². The molecule has 3 rings (SSSR count). The zero-order valence-corrected chi connectivity index (χ0v) is 11.6. The number of nitrogens with zero attached hydrogens (tertiary/aromatic N) is 1. The SMILES string of the molecule is NC1CC2CC(C1)CN(c1ccccc1Br)C2. The molecule has 2 unspecified atom stereocenters. The maximum absolute atomic E-state index is 6.11. The predicted molar refractivity (Wildman–Crippen MR) is 75.2 cm³/mol. The molecule has 17 heavy (non-hydrogen) atoms. The number of anilines is 1. The molecular weight excluding hydrogens is 276 g/mol. The van der Waals surface area contributed by atoms with Crippen molar-refractivity contribution >= 4 is 21.6 Å². The van der Waals surface area contributed by atoms with E-state index in [0.29, 0.717) is 6.04 Å². The smallest absolute Gasteiger partial charge is 0.0510 e. The standard InChI is InChI=1S/C14H19BrN2/c15-13-3-1-2-4-14(13)17-8-10-5-11(9-17)7-12(16)6-10/h1-4,10-12H,5-9,16H2. The van der Waals surface area contributed by atoms with Crippen molar-refractivity contribution in [2.24, 2.45) is 17.6 Å². The monoisotopic (exact) mass is 294 g/mol. The van der Waals surface area contributed by atoms with Crippen LogP contribution in [0.4, 0.5) is 5.69 Å². The number of nitrogens with two attached hydrogens (primary N) is 1. The highest BCUT2D eigenvalue weighted by molar-refractivity contribution is 9.10. The van der Waals surface area contributed by atoms with E-state index < -0.39 is 0 Å². The Morgan fingerprint density at radius 3 is 2.35 bits per heavy atom. The van der Waals surface area contributed by atoms with Crippen LogP contribution < -0.4 is 10.6 Å². The van der Waals surface area contributed by atoms with Crippen molar-refractivity contribution in [3.63, 3.8) is 0 Å². The van der Waals surface area contributed by atoms with E-state index in [0.717, 1.165) is 11.8 Å². The van der Waals surface area contributed by atoms with Gasteiger partial charge in [0.05, 0.1) is 5.69 Å². The third-order valence-corrected chi connectivity index (χ3v) is 4.76. The van der Waals surface area contributed by atoms with Crippen LogP contribution in [-0.4, -0.2) is 19.1 Å². The number of halogens is 1. The Morgan fingerprint density at radius 1 is 1.06 bits per heavy atom. The van der Waals surface area contributed by atoms with Crippen LogP contribution >= 0.6 is 15.9 Å². The van der Waals surface area contributed by atoms with Crippen LogP contribution in [0, 0.1) is 11.8 Å². The molecular formula is C14H19BrN2. The predicted octanol–water partition coefficient (Wildman–Crippen LogP) is 3.01. The number of fused-ring (bicyclic) bond motifs is 2. The lowest BCUT2D eigenvalue weighted by molar-refractivity contribution is 0.208. The molecule has 1 aliphatic carbocycles. The van der Waals surface area contributed by atoms with Crippen molar-refractivity contribution in [3.05, 3.63) is 28.7 Å². The first-order valence-corrected chi connectivity index (χ1v) is 7.26. The van der Waals surface area contributed by atoms with Gasteiger partial charge in [-0.3, -0.25) is 0 Å². The van der Waals surface area contributed by atoms with Gasteiger partial charge in [-0.2, -0.15) is 0 Å². The Bertz CT molecular complexity index is 389. The summed E-state index contributed by atoms with van der Waals surface area (Å²) in [6, 6.07) is 8.99. The average molecular weight is 295 g/mol. The summed E-state index contributed by atoms with van der Waals surface area (Å²) in [5, 5.41) is 0. The van der Waals surface area contributed by atoms with E-state index in [9.17, 15) is 0 Å². The van der Waals surface area contributed by atoms with Crippen LogP contribution in [0.3, 0.4) is 0 Å². The van der Waals surface area contributed by atoms with Crippen molar-refractivity contribution in [1.29, 1.82) is 0 Å². The highest BCUT2D eigenvalue weighted by Gasteiger charge is 2.34. The number of para-hydroxylation sites is 1. The minimum absolute atomic E-state index is 0.445. The fraction of sp³-hybridized carbons (Fsp3) is 0.571. The molecule has 2 fully saturated rings. The van der Waals surface area contributed by atoms with E-state index in [4.69, 9.17) is 5.73 Å². The number of benzene rings is 1. The van der Waals surface area contributed by atoms with E-state index in [1.54, 1.807) is 0 Å². The van der Waals surface area contributed by atoms with Gasteiger partial charge in [-0.25, -0.2) is 0 Å². The Kier molecular flexibility index (Phi) is 3.14. The number of hydrogen-bond donors (Lipinski definition) is 1. The second-order valence-corrected chi connectivity index (χ2v) is 6.41. The van der Waals surface area contributed by atoms with Crippen LogP contribution in [0.2, 0.25) is 0 Å². The van der Waals surface area contributed by atoms with Gasteiger partial charge in [-0.05, 0) is 59.2 Å². The molecule has 0 amide bonds. The molecule has 2 bridgehead atoms. The molecule has 2 atom stereocenters. The summed E-state index contributed by atoms with van der Waals surface area (Å²) in [6.07, 6.45) is 3.80. The van der Waals surface area contributed by atoms with Crippen molar-refractivity contribution in [3.8, 4) is 0 Å². The molecule has 1 saturated carbocycles. The van der Waals surface area contributed by atoms with Crippen molar-refractivity contribution in [2.45, 2.75) is 25.3 Å². The highest BCUT2D eigenvalue weighted by atomic mass is 79.9. The minimum atomic E-state index is 0.445. The largest absolute Gasteiger partial charge is 0.370 e. The first-order valence-electron chi connectivity index (χ1n) is 6.47. The molecule has 1 heterocycles. The van der Waals surface area contributed by atoms with Gasteiger partial charge in [0.2, 0.25) is 0 Å². The second kappa shape index (κ2) is 4.62. The second-order valence-electron chi connectivity index (χ2n) is 5.56. The van der Waals surface area contributed by atoms with Crippen LogP contribution in [0.15, 0.2) is 28.7 Å². The van der Waals surface area contributed by atoms with Gasteiger partial charge in [0.25, 0.3) is 0 Å². The van der Waals surface area contributed by atoms with Crippen LogP contribution in [0.5, 0.6) is 0 Å². The van der Waals surface area contributed by atoms with Crippen LogP contribution in [-0.2, 0) is 0 Å². The summed E-state index contributed by atoms with van der Waals surface area (Å²) >= 11 is 3.66. The van der Waals surface area contributed by atoms with Crippen molar-refractivity contribution < 1.29 is 0 Å². The van der Waals surface area contributed by atoms with Crippen molar-refractivity contribution in [1.82, 2.24) is 0 Å². The number of piperidine rings is 1. The molecule has 1 aromatic rings. The lowest BCUT2D eigenvalue weighted by atomic mass is 9.75. The number of rotatable bonds is 1. The maximum Gasteiger partial charge on any atom is 0.0510 e. The number of hydrogen-bond acceptors (Lipinski definition) is 2. The van der Waals surface area contributed by atoms with Gasteiger partial charge in [0, 0.05) is 23.6 Å². The topological polar surface area (TPSA) is 29.3 Å². The molecule has 0 spiro atoms. The molecule has 3 heteroatoms. The Morgan fingerprint density at radius 2 is 1.71 bits per heavy atom. The summed E-state index contributed by atoms with van der Waals surface area (Å²) in [6.45, 7) is 2.35. The minimum Gasteiger partial charge on any atom is -0.370 e. The Hall–Kier alpha value is -0.540. The van der Waals surface area contributed by atoms with Crippen molar-refractivity contribution in [2.75, 3.05) is 18.0 Å². The molecule has 0 aromatic heterocycles. The Balaban J connectivity index is 1.80. The molecule has 0 radical (unpaired) electrons. The van der Waals surface area contributed by atoms with E-state index in [-0.39, 0.29) is 0 Å². The van der Waals surface area contributed by atoms with Crippen LogP contribution in [0.1, 0.15) is 19.3 Å². The van der Waals surface area contributed by atoms with E-state index in [1.165, 1.54) is 42.5 Å². The summed E-state index contributed by atoms with van der Waals surface area (Å²) in [5.41, 5.74) is 7.46. The summed E-state index contributed by atoms with van der Waals surface area (Å²) < 4.78 is 1.21. The van der Waals surface area contributed by atoms with E-state index in [1.807, 2.05) is 0 Å². The molecule has 2 aliphatic rings. The normalized spacial score (nSPS) is 32.6. The van der Waals surface area contributed by atoms with Gasteiger partial charge in [0.1, 0.15) is 0 Å². The summed E-state index contributed by atoms with van der Waals surface area (Å²) in [7, 11) is 0. The summed E-state index contributed by atoms with van der Waals surface area (Å²) in [5.74, 6) is 1.59. The third kappa shape index (κ3) is 2.36. The lowest BCUT2D eigenvalue weighted by Crippen LogP contribution is -2.47. The molecule has 2 nitrogen and oxygen atoms in total. The zero-order chi connectivity index (χ0) is 11.8. The van der Waals surface area contributed by atoms with Gasteiger partial charge < -0.3 is 10.6 Å². The molecule has 1 aliphatic heterocycles. The quantitative estimate of drug-likeness (QED) is 0.863. The molecule has 1 aromatic carbocycles. The van der Waals surface area contributed by atoms with Gasteiger partial charge in [-0.1, -0.05) is 12.1 Å². The van der Waals surface area contributed by atoms with Gasteiger partial charge in [-0.15, -0.1) is 0 Å². The van der Waals surface area contributed by atoms with E-state index >= 15 is 0 Å². The zero-order valence-electron chi connectivity index (χ0n) is 9.98. The molecule has 2 N–H and O–H groups in total. The van der Waals surface area contributed by atoms with Crippen LogP contribution in [0.25, 0.3) is 0 Å². The first kappa shape index (κ1) is 11.5. The van der Waals surface area contributed by atoms with Gasteiger partial charge in [0.15, 0.2) is 0 Å². The molecule has 92 valence electrons. The fourth-order valence-corrected chi connectivity index (χ4v) is 4.05. The van der Waals surface area contributed by atoms with E-state index in [2.05, 4.69) is 45.1 Å². The summed E-state index contributed by atoms with van der Waals surface area (Å²) in [4.78, 5) is 2.54. The highest BCUT2D eigenvalue weighted by Crippen LogP contribution is 2.37. The van der Waals surface area contributed by atoms with Gasteiger partial charge >= 0.3 is 0 Å². The third-order valence-electron chi connectivity index (χ3n) is 4.09.